The molecule has 0 saturated carbocycles. The van der Waals surface area contributed by atoms with E-state index in [1.807, 2.05) is 0 Å². The van der Waals surface area contributed by atoms with Crippen molar-refractivity contribution in [2.24, 2.45) is 0 Å². The molecule has 0 spiro atoms. The summed E-state index contributed by atoms with van der Waals surface area (Å²) in [6.07, 6.45) is 6.59. The number of hydrogen-bond acceptors (Lipinski definition) is 2. The van der Waals surface area contributed by atoms with Gasteiger partial charge < -0.3 is 5.32 Å². The third-order valence-corrected chi connectivity index (χ3v) is 3.00. The summed E-state index contributed by atoms with van der Waals surface area (Å²) in [5, 5.41) is 3.53. The van der Waals surface area contributed by atoms with Gasteiger partial charge in [-0.15, -0.1) is 6.42 Å². The molecule has 2 atom stereocenters. The molecule has 1 fully saturated rings. The van der Waals surface area contributed by atoms with Crippen molar-refractivity contribution in [3.8, 4) is 12.3 Å². The SMILES string of the molecule is C#CC(CC)N1CC(C)(C)NCC1C. The van der Waals surface area contributed by atoms with E-state index in [4.69, 9.17) is 6.42 Å². The maximum Gasteiger partial charge on any atom is 0.0712 e. The molecule has 1 aliphatic rings. The predicted molar refractivity (Wildman–Crippen MR) is 61.2 cm³/mol. The minimum absolute atomic E-state index is 0.191. The molecule has 0 bridgehead atoms. The zero-order chi connectivity index (χ0) is 10.8. The quantitative estimate of drug-likeness (QED) is 0.670. The Morgan fingerprint density at radius 1 is 1.64 bits per heavy atom. The van der Waals surface area contributed by atoms with E-state index in [9.17, 15) is 0 Å². The molecule has 1 saturated heterocycles. The average molecular weight is 194 g/mol. The Bertz CT molecular complexity index is 227. The summed E-state index contributed by atoms with van der Waals surface area (Å²) < 4.78 is 0. The highest BCUT2D eigenvalue weighted by molar-refractivity contribution is 5.04. The van der Waals surface area contributed by atoms with Gasteiger partial charge in [-0.3, -0.25) is 4.90 Å². The van der Waals surface area contributed by atoms with Crippen molar-refractivity contribution >= 4 is 0 Å². The summed E-state index contributed by atoms with van der Waals surface area (Å²) in [7, 11) is 0. The first kappa shape index (κ1) is 11.6. The van der Waals surface area contributed by atoms with Crippen molar-refractivity contribution in [3.63, 3.8) is 0 Å². The monoisotopic (exact) mass is 194 g/mol. The van der Waals surface area contributed by atoms with Crippen LogP contribution in [0.5, 0.6) is 0 Å². The van der Waals surface area contributed by atoms with Crippen LogP contribution in [0.4, 0.5) is 0 Å². The second kappa shape index (κ2) is 4.33. The Labute approximate surface area is 88.1 Å². The molecule has 0 radical (unpaired) electrons. The van der Waals surface area contributed by atoms with Crippen LogP contribution in [0.1, 0.15) is 34.1 Å². The molecule has 2 nitrogen and oxygen atoms in total. The maximum absolute atomic E-state index is 5.55. The minimum atomic E-state index is 0.191. The summed E-state index contributed by atoms with van der Waals surface area (Å²) in [4.78, 5) is 2.44. The molecule has 80 valence electrons. The third kappa shape index (κ3) is 2.50. The molecule has 0 amide bonds. The average Bonchev–Trinajstić information content (AvgIpc) is 2.13. The molecule has 1 heterocycles. The second-order valence-corrected chi connectivity index (χ2v) is 4.88. The Morgan fingerprint density at radius 2 is 2.29 bits per heavy atom. The maximum atomic E-state index is 5.55. The van der Waals surface area contributed by atoms with Crippen molar-refractivity contribution in [2.75, 3.05) is 13.1 Å². The Hall–Kier alpha value is -0.520. The Morgan fingerprint density at radius 3 is 2.79 bits per heavy atom. The van der Waals surface area contributed by atoms with E-state index < -0.39 is 0 Å². The number of rotatable bonds is 2. The predicted octanol–water partition coefficient (Wildman–Crippen LogP) is 1.47. The number of piperazine rings is 1. The van der Waals surface area contributed by atoms with Gasteiger partial charge in [0.2, 0.25) is 0 Å². The highest BCUT2D eigenvalue weighted by Gasteiger charge is 2.32. The lowest BCUT2D eigenvalue weighted by molar-refractivity contribution is 0.0818. The summed E-state index contributed by atoms with van der Waals surface area (Å²) in [6.45, 7) is 10.9. The topological polar surface area (TPSA) is 15.3 Å². The lowest BCUT2D eigenvalue weighted by Gasteiger charge is -2.45. The molecule has 1 N–H and O–H groups in total. The van der Waals surface area contributed by atoms with Crippen LogP contribution in [-0.2, 0) is 0 Å². The summed E-state index contributed by atoms with van der Waals surface area (Å²) in [5.41, 5.74) is 0.191. The zero-order valence-electron chi connectivity index (χ0n) is 9.80. The molecular formula is C12H22N2. The van der Waals surface area contributed by atoms with Crippen LogP contribution in [-0.4, -0.2) is 35.6 Å². The standard InChI is InChI=1S/C12H22N2/c1-6-11(7-2)14-9-12(4,5)13-8-10(14)3/h1,10-11,13H,7-9H2,2-5H3. The summed E-state index contributed by atoms with van der Waals surface area (Å²) in [5.74, 6) is 2.89. The summed E-state index contributed by atoms with van der Waals surface area (Å²) in [6, 6.07) is 0.843. The van der Waals surface area contributed by atoms with Gasteiger partial charge in [-0.25, -0.2) is 0 Å². The van der Waals surface area contributed by atoms with Gasteiger partial charge in [-0.2, -0.15) is 0 Å². The van der Waals surface area contributed by atoms with Gasteiger partial charge in [0, 0.05) is 24.7 Å². The van der Waals surface area contributed by atoms with E-state index in [1.165, 1.54) is 0 Å². The van der Waals surface area contributed by atoms with E-state index >= 15 is 0 Å². The van der Waals surface area contributed by atoms with E-state index in [1.54, 1.807) is 0 Å². The van der Waals surface area contributed by atoms with Gasteiger partial charge in [0.15, 0.2) is 0 Å². The molecule has 2 unspecified atom stereocenters. The lowest BCUT2D eigenvalue weighted by atomic mass is 9.97. The normalized spacial score (nSPS) is 29.5. The first-order valence-electron chi connectivity index (χ1n) is 5.47. The van der Waals surface area contributed by atoms with Crippen LogP contribution in [0.15, 0.2) is 0 Å². The van der Waals surface area contributed by atoms with Gasteiger partial charge >= 0.3 is 0 Å². The van der Waals surface area contributed by atoms with Crippen molar-refractivity contribution in [1.29, 1.82) is 0 Å². The van der Waals surface area contributed by atoms with Crippen LogP contribution in [0.3, 0.4) is 0 Å². The molecule has 0 aromatic heterocycles. The molecule has 1 aliphatic heterocycles. The van der Waals surface area contributed by atoms with Crippen LogP contribution in [0.2, 0.25) is 0 Å². The van der Waals surface area contributed by atoms with Gasteiger partial charge in [0.05, 0.1) is 6.04 Å². The smallest absolute Gasteiger partial charge is 0.0712 e. The minimum Gasteiger partial charge on any atom is -0.309 e. The van der Waals surface area contributed by atoms with Gasteiger partial charge in [-0.05, 0) is 27.2 Å². The number of terminal acetylenes is 1. The van der Waals surface area contributed by atoms with E-state index in [0.717, 1.165) is 19.5 Å². The number of nitrogens with zero attached hydrogens (tertiary/aromatic N) is 1. The number of nitrogens with one attached hydrogen (secondary N) is 1. The van der Waals surface area contributed by atoms with Crippen LogP contribution in [0.25, 0.3) is 0 Å². The van der Waals surface area contributed by atoms with Crippen LogP contribution in [0, 0.1) is 12.3 Å². The molecule has 14 heavy (non-hydrogen) atoms. The van der Waals surface area contributed by atoms with E-state index in [2.05, 4.69) is 43.8 Å². The third-order valence-electron chi connectivity index (χ3n) is 3.00. The van der Waals surface area contributed by atoms with E-state index in [-0.39, 0.29) is 5.54 Å². The zero-order valence-corrected chi connectivity index (χ0v) is 9.80. The lowest BCUT2D eigenvalue weighted by Crippen LogP contribution is -2.62. The molecular weight excluding hydrogens is 172 g/mol. The summed E-state index contributed by atoms with van der Waals surface area (Å²) >= 11 is 0. The molecule has 0 aromatic rings. The number of hydrogen-bond donors (Lipinski definition) is 1. The van der Waals surface area contributed by atoms with Crippen LogP contribution >= 0.6 is 0 Å². The molecule has 1 rings (SSSR count). The van der Waals surface area contributed by atoms with Crippen molar-refractivity contribution in [2.45, 2.75) is 51.7 Å². The van der Waals surface area contributed by atoms with Crippen molar-refractivity contribution in [1.82, 2.24) is 10.2 Å². The second-order valence-electron chi connectivity index (χ2n) is 4.88. The van der Waals surface area contributed by atoms with Crippen molar-refractivity contribution < 1.29 is 0 Å². The highest BCUT2D eigenvalue weighted by Crippen LogP contribution is 2.18. The molecule has 0 aliphatic carbocycles. The van der Waals surface area contributed by atoms with E-state index in [0.29, 0.717) is 12.1 Å². The fourth-order valence-corrected chi connectivity index (χ4v) is 2.07. The molecule has 2 heteroatoms. The largest absolute Gasteiger partial charge is 0.309 e. The van der Waals surface area contributed by atoms with Gasteiger partial charge in [0.1, 0.15) is 0 Å². The first-order chi connectivity index (χ1) is 6.50. The van der Waals surface area contributed by atoms with Gasteiger partial charge in [0.25, 0.3) is 0 Å². The van der Waals surface area contributed by atoms with Crippen LogP contribution < -0.4 is 5.32 Å². The Balaban J connectivity index is 2.70. The first-order valence-corrected chi connectivity index (χ1v) is 5.47. The Kier molecular flexibility index (Phi) is 3.58. The van der Waals surface area contributed by atoms with Crippen molar-refractivity contribution in [3.05, 3.63) is 0 Å². The fourth-order valence-electron chi connectivity index (χ4n) is 2.07. The fraction of sp³-hybridized carbons (Fsp3) is 0.833. The molecule has 0 aromatic carbocycles. The van der Waals surface area contributed by atoms with Gasteiger partial charge in [-0.1, -0.05) is 12.8 Å². The highest BCUT2D eigenvalue weighted by atomic mass is 15.3.